The first-order valence-corrected chi connectivity index (χ1v) is 4.43. The molecule has 0 spiro atoms. The highest BCUT2D eigenvalue weighted by atomic mass is 15.3. The van der Waals surface area contributed by atoms with Crippen LogP contribution in [0.15, 0.2) is 35.4 Å². The summed E-state index contributed by atoms with van der Waals surface area (Å²) >= 11 is 0. The van der Waals surface area contributed by atoms with E-state index in [1.165, 1.54) is 0 Å². The highest BCUT2D eigenvalue weighted by molar-refractivity contribution is 5.65. The quantitative estimate of drug-likeness (QED) is 0.543. The smallest absolute Gasteiger partial charge is 0.0561 e. The van der Waals surface area contributed by atoms with Crippen molar-refractivity contribution >= 4 is 11.9 Å². The Morgan fingerprint density at radius 3 is 2.31 bits per heavy atom. The molecule has 0 unspecified atom stereocenters. The van der Waals surface area contributed by atoms with Gasteiger partial charge in [0, 0.05) is 6.21 Å². The van der Waals surface area contributed by atoms with Gasteiger partial charge >= 0.3 is 0 Å². The minimum atomic E-state index is 0.127. The van der Waals surface area contributed by atoms with Gasteiger partial charge in [0.1, 0.15) is 0 Å². The monoisotopic (exact) mass is 176 g/mol. The Labute approximate surface area is 79.7 Å². The number of anilines is 1. The van der Waals surface area contributed by atoms with Crippen molar-refractivity contribution < 1.29 is 0 Å². The van der Waals surface area contributed by atoms with E-state index in [1.807, 2.05) is 36.5 Å². The van der Waals surface area contributed by atoms with Crippen molar-refractivity contribution in [3.05, 3.63) is 30.3 Å². The lowest BCUT2D eigenvalue weighted by atomic mass is 9.99. The molecule has 1 N–H and O–H groups in total. The molecule has 0 fully saturated rings. The largest absolute Gasteiger partial charge is 0.279 e. The van der Waals surface area contributed by atoms with E-state index >= 15 is 0 Å². The molecule has 0 aromatic heterocycles. The maximum absolute atomic E-state index is 4.14. The summed E-state index contributed by atoms with van der Waals surface area (Å²) in [6, 6.07) is 9.92. The lowest BCUT2D eigenvalue weighted by molar-refractivity contribution is 0.606. The highest BCUT2D eigenvalue weighted by Gasteiger charge is 2.04. The number of nitrogens with zero attached hydrogens (tertiary/aromatic N) is 1. The van der Waals surface area contributed by atoms with Crippen LogP contribution in [-0.4, -0.2) is 6.21 Å². The van der Waals surface area contributed by atoms with Crippen molar-refractivity contribution in [1.82, 2.24) is 0 Å². The molecular weight excluding hydrogens is 160 g/mol. The minimum Gasteiger partial charge on any atom is -0.279 e. The van der Waals surface area contributed by atoms with Crippen molar-refractivity contribution in [2.45, 2.75) is 20.8 Å². The van der Waals surface area contributed by atoms with Gasteiger partial charge in [0.2, 0.25) is 0 Å². The Bertz CT molecular complexity index is 270. The standard InChI is InChI=1S/C11H16N2/c1-11(2,3)9-12-13-10-7-5-4-6-8-10/h4-9,13H,1-3H3/b12-9+. The lowest BCUT2D eigenvalue weighted by Gasteiger charge is -2.09. The molecule has 0 saturated carbocycles. The Morgan fingerprint density at radius 1 is 1.15 bits per heavy atom. The average molecular weight is 176 g/mol. The van der Waals surface area contributed by atoms with Crippen molar-refractivity contribution in [3.8, 4) is 0 Å². The van der Waals surface area contributed by atoms with Crippen molar-refractivity contribution in [2.24, 2.45) is 10.5 Å². The molecule has 0 saturated heterocycles. The Kier molecular flexibility index (Phi) is 3.07. The first-order valence-electron chi connectivity index (χ1n) is 4.43. The van der Waals surface area contributed by atoms with Gasteiger partial charge in [-0.05, 0) is 17.5 Å². The van der Waals surface area contributed by atoms with Gasteiger partial charge in [-0.1, -0.05) is 39.0 Å². The van der Waals surface area contributed by atoms with Crippen molar-refractivity contribution in [2.75, 3.05) is 5.43 Å². The van der Waals surface area contributed by atoms with Gasteiger partial charge < -0.3 is 0 Å². The van der Waals surface area contributed by atoms with Gasteiger partial charge in [-0.25, -0.2) is 0 Å². The fourth-order valence-corrected chi connectivity index (χ4v) is 0.813. The highest BCUT2D eigenvalue weighted by Crippen LogP contribution is 2.09. The number of para-hydroxylation sites is 1. The van der Waals surface area contributed by atoms with Gasteiger partial charge in [0.15, 0.2) is 0 Å². The molecule has 1 rings (SSSR count). The van der Waals surface area contributed by atoms with Crippen LogP contribution in [-0.2, 0) is 0 Å². The molecule has 13 heavy (non-hydrogen) atoms. The topological polar surface area (TPSA) is 24.4 Å². The molecule has 0 heterocycles. The van der Waals surface area contributed by atoms with Gasteiger partial charge in [-0.15, -0.1) is 0 Å². The third kappa shape index (κ3) is 4.31. The van der Waals surface area contributed by atoms with Crippen LogP contribution in [0, 0.1) is 5.41 Å². The van der Waals surface area contributed by atoms with E-state index in [-0.39, 0.29) is 5.41 Å². The molecule has 2 nitrogen and oxygen atoms in total. The predicted molar refractivity (Wildman–Crippen MR) is 58.0 cm³/mol. The zero-order chi connectivity index (χ0) is 9.73. The fourth-order valence-electron chi connectivity index (χ4n) is 0.813. The first-order chi connectivity index (χ1) is 6.08. The number of hydrazone groups is 1. The maximum Gasteiger partial charge on any atom is 0.0561 e. The second kappa shape index (κ2) is 4.08. The second-order valence-corrected chi connectivity index (χ2v) is 4.10. The number of hydrogen-bond donors (Lipinski definition) is 1. The van der Waals surface area contributed by atoms with E-state index in [1.54, 1.807) is 0 Å². The number of hydrogen-bond acceptors (Lipinski definition) is 2. The van der Waals surface area contributed by atoms with E-state index in [9.17, 15) is 0 Å². The minimum absolute atomic E-state index is 0.127. The summed E-state index contributed by atoms with van der Waals surface area (Å²) in [7, 11) is 0. The Balaban J connectivity index is 2.49. The zero-order valence-electron chi connectivity index (χ0n) is 8.41. The molecule has 1 aromatic carbocycles. The molecular formula is C11H16N2. The molecule has 0 aliphatic carbocycles. The number of nitrogens with one attached hydrogen (secondary N) is 1. The molecule has 0 aliphatic rings. The third-order valence-electron chi connectivity index (χ3n) is 1.42. The van der Waals surface area contributed by atoms with E-state index < -0.39 is 0 Å². The zero-order valence-corrected chi connectivity index (χ0v) is 8.41. The van der Waals surface area contributed by atoms with Crippen LogP contribution in [0.2, 0.25) is 0 Å². The van der Waals surface area contributed by atoms with Crippen LogP contribution in [0.25, 0.3) is 0 Å². The Morgan fingerprint density at radius 2 is 1.77 bits per heavy atom. The van der Waals surface area contributed by atoms with Gasteiger partial charge in [0.05, 0.1) is 5.69 Å². The van der Waals surface area contributed by atoms with E-state index in [2.05, 4.69) is 31.3 Å². The van der Waals surface area contributed by atoms with Gasteiger partial charge in [0.25, 0.3) is 0 Å². The molecule has 0 amide bonds. The van der Waals surface area contributed by atoms with Gasteiger partial charge in [-0.3, -0.25) is 5.43 Å². The summed E-state index contributed by atoms with van der Waals surface area (Å²) in [5.41, 5.74) is 4.11. The van der Waals surface area contributed by atoms with Crippen molar-refractivity contribution in [1.29, 1.82) is 0 Å². The molecule has 70 valence electrons. The predicted octanol–water partition coefficient (Wildman–Crippen LogP) is 3.13. The van der Waals surface area contributed by atoms with E-state index in [4.69, 9.17) is 0 Å². The fraction of sp³-hybridized carbons (Fsp3) is 0.364. The molecule has 0 radical (unpaired) electrons. The summed E-state index contributed by atoms with van der Waals surface area (Å²) in [6.45, 7) is 6.34. The van der Waals surface area contributed by atoms with Crippen molar-refractivity contribution in [3.63, 3.8) is 0 Å². The summed E-state index contributed by atoms with van der Waals surface area (Å²) in [5, 5.41) is 4.14. The van der Waals surface area contributed by atoms with Crippen LogP contribution in [0.1, 0.15) is 20.8 Å². The number of rotatable bonds is 2. The Hall–Kier alpha value is -1.31. The first kappa shape index (κ1) is 9.78. The molecule has 1 aromatic rings. The summed E-state index contributed by atoms with van der Waals surface area (Å²) in [5.74, 6) is 0. The van der Waals surface area contributed by atoms with Gasteiger partial charge in [-0.2, -0.15) is 5.10 Å². The molecule has 0 bridgehead atoms. The molecule has 2 heteroatoms. The SMILES string of the molecule is CC(C)(C)/C=N/Nc1ccccc1. The third-order valence-corrected chi connectivity index (χ3v) is 1.42. The van der Waals surface area contributed by atoms with Crippen LogP contribution in [0.5, 0.6) is 0 Å². The van der Waals surface area contributed by atoms with E-state index in [0.717, 1.165) is 5.69 Å². The lowest BCUT2D eigenvalue weighted by Crippen LogP contribution is -2.07. The second-order valence-electron chi connectivity index (χ2n) is 4.10. The normalized spacial score (nSPS) is 11.9. The summed E-state index contributed by atoms with van der Waals surface area (Å²) in [4.78, 5) is 0. The maximum atomic E-state index is 4.14. The van der Waals surface area contributed by atoms with E-state index in [0.29, 0.717) is 0 Å². The molecule has 0 aliphatic heterocycles. The number of benzene rings is 1. The summed E-state index contributed by atoms with van der Waals surface area (Å²) in [6.07, 6.45) is 1.90. The van der Waals surface area contributed by atoms with Crippen LogP contribution < -0.4 is 5.43 Å². The van der Waals surface area contributed by atoms with Crippen LogP contribution in [0.3, 0.4) is 0 Å². The summed E-state index contributed by atoms with van der Waals surface area (Å²) < 4.78 is 0. The van der Waals surface area contributed by atoms with Crippen LogP contribution in [0.4, 0.5) is 5.69 Å². The average Bonchev–Trinajstić information content (AvgIpc) is 2.04. The molecule has 0 atom stereocenters. The van der Waals surface area contributed by atoms with Crippen LogP contribution >= 0.6 is 0 Å².